The normalized spacial score (nSPS) is 18.9. The van der Waals surface area contributed by atoms with Crippen molar-refractivity contribution in [3.63, 3.8) is 0 Å². The third kappa shape index (κ3) is 2.89. The van der Waals surface area contributed by atoms with Gasteiger partial charge in [-0.05, 0) is 24.8 Å². The second kappa shape index (κ2) is 5.79. The first-order valence-corrected chi connectivity index (χ1v) is 6.72. The lowest BCUT2D eigenvalue weighted by atomic mass is 9.84. The minimum absolute atomic E-state index is 0.101. The van der Waals surface area contributed by atoms with E-state index in [0.29, 0.717) is 12.3 Å². The number of benzene rings is 1. The highest BCUT2D eigenvalue weighted by Gasteiger charge is 2.22. The van der Waals surface area contributed by atoms with Crippen LogP contribution in [0.25, 0.3) is 0 Å². The SMILES string of the molecule is Cc1ccc(C(O)CC2CCCCC2)c(F)c1F. The smallest absolute Gasteiger partial charge is 0.164 e. The number of aryl methyl sites for hydroxylation is 1. The largest absolute Gasteiger partial charge is 0.388 e. The summed E-state index contributed by atoms with van der Waals surface area (Å²) in [6.07, 6.45) is 5.45. The molecule has 1 aliphatic rings. The van der Waals surface area contributed by atoms with Crippen LogP contribution in [0.5, 0.6) is 0 Å². The van der Waals surface area contributed by atoms with Crippen molar-refractivity contribution in [1.29, 1.82) is 0 Å². The molecule has 1 atom stereocenters. The van der Waals surface area contributed by atoms with Gasteiger partial charge < -0.3 is 5.11 Å². The lowest BCUT2D eigenvalue weighted by molar-refractivity contribution is 0.127. The first-order chi connectivity index (χ1) is 8.59. The van der Waals surface area contributed by atoms with Crippen LogP contribution in [0.15, 0.2) is 12.1 Å². The van der Waals surface area contributed by atoms with Crippen molar-refractivity contribution in [3.05, 3.63) is 34.9 Å². The van der Waals surface area contributed by atoms with E-state index in [1.165, 1.54) is 38.3 Å². The van der Waals surface area contributed by atoms with Crippen LogP contribution in [-0.2, 0) is 0 Å². The standard InChI is InChI=1S/C15H20F2O/c1-10-7-8-12(15(17)14(10)16)13(18)9-11-5-3-2-4-6-11/h7-8,11,13,18H,2-6,9H2,1H3. The van der Waals surface area contributed by atoms with Crippen molar-refractivity contribution in [2.45, 2.75) is 51.6 Å². The number of rotatable bonds is 3. The predicted octanol–water partition coefficient (Wildman–Crippen LogP) is 4.28. The summed E-state index contributed by atoms with van der Waals surface area (Å²) in [4.78, 5) is 0. The van der Waals surface area contributed by atoms with Gasteiger partial charge in [0.1, 0.15) is 0 Å². The van der Waals surface area contributed by atoms with Crippen molar-refractivity contribution in [3.8, 4) is 0 Å². The van der Waals surface area contributed by atoms with Gasteiger partial charge in [-0.25, -0.2) is 8.78 Å². The molecule has 0 aromatic heterocycles. The fourth-order valence-corrected chi connectivity index (χ4v) is 2.78. The molecule has 1 nitrogen and oxygen atoms in total. The zero-order chi connectivity index (χ0) is 13.1. The van der Waals surface area contributed by atoms with Crippen molar-refractivity contribution in [2.75, 3.05) is 0 Å². The molecule has 1 aliphatic carbocycles. The number of aliphatic hydroxyl groups is 1. The van der Waals surface area contributed by atoms with Crippen molar-refractivity contribution < 1.29 is 13.9 Å². The molecule has 1 aromatic rings. The molecule has 0 radical (unpaired) electrons. The molecule has 0 aliphatic heterocycles. The molecular weight excluding hydrogens is 234 g/mol. The third-order valence-corrected chi connectivity index (χ3v) is 3.95. The number of hydrogen-bond acceptors (Lipinski definition) is 1. The molecule has 1 unspecified atom stereocenters. The summed E-state index contributed by atoms with van der Waals surface area (Å²) in [6.45, 7) is 1.52. The van der Waals surface area contributed by atoms with E-state index in [4.69, 9.17) is 0 Å². The summed E-state index contributed by atoms with van der Waals surface area (Å²) < 4.78 is 27.2. The zero-order valence-corrected chi connectivity index (χ0v) is 10.8. The minimum Gasteiger partial charge on any atom is -0.388 e. The predicted molar refractivity (Wildman–Crippen MR) is 67.2 cm³/mol. The van der Waals surface area contributed by atoms with E-state index in [0.717, 1.165) is 12.8 Å². The molecule has 0 bridgehead atoms. The molecule has 18 heavy (non-hydrogen) atoms. The molecular formula is C15H20F2O. The Morgan fingerprint density at radius 2 is 1.83 bits per heavy atom. The Bertz CT molecular complexity index is 411. The fourth-order valence-electron chi connectivity index (χ4n) is 2.78. The van der Waals surface area contributed by atoms with Gasteiger partial charge in [-0.1, -0.05) is 44.2 Å². The molecule has 2 rings (SSSR count). The molecule has 1 fully saturated rings. The summed E-state index contributed by atoms with van der Waals surface area (Å²) in [6, 6.07) is 3.03. The maximum absolute atomic E-state index is 13.7. The minimum atomic E-state index is -0.890. The van der Waals surface area contributed by atoms with Crippen LogP contribution in [0.4, 0.5) is 8.78 Å². The van der Waals surface area contributed by atoms with E-state index in [1.807, 2.05) is 0 Å². The van der Waals surface area contributed by atoms with Gasteiger partial charge in [-0.3, -0.25) is 0 Å². The molecule has 0 saturated heterocycles. The molecule has 100 valence electrons. The van der Waals surface area contributed by atoms with E-state index >= 15 is 0 Å². The summed E-state index contributed by atoms with van der Waals surface area (Å²) in [5.74, 6) is -1.29. The van der Waals surface area contributed by atoms with Crippen molar-refractivity contribution in [1.82, 2.24) is 0 Å². The Morgan fingerprint density at radius 3 is 2.50 bits per heavy atom. The quantitative estimate of drug-likeness (QED) is 0.853. The molecule has 1 saturated carbocycles. The molecule has 1 N–H and O–H groups in total. The van der Waals surface area contributed by atoms with E-state index in [2.05, 4.69) is 0 Å². The summed E-state index contributed by atoms with van der Waals surface area (Å²) in [5, 5.41) is 10.1. The van der Waals surface area contributed by atoms with Gasteiger partial charge in [-0.15, -0.1) is 0 Å². The van der Waals surface area contributed by atoms with Gasteiger partial charge in [0.05, 0.1) is 6.10 Å². The Morgan fingerprint density at radius 1 is 1.17 bits per heavy atom. The summed E-state index contributed by atoms with van der Waals surface area (Å²) in [7, 11) is 0. The first kappa shape index (κ1) is 13.5. The molecule has 0 amide bonds. The van der Waals surface area contributed by atoms with Gasteiger partial charge in [0, 0.05) is 5.56 Å². The van der Waals surface area contributed by atoms with Crippen LogP contribution in [0.1, 0.15) is 55.8 Å². The van der Waals surface area contributed by atoms with Crippen LogP contribution in [0.2, 0.25) is 0 Å². The monoisotopic (exact) mass is 254 g/mol. The van der Waals surface area contributed by atoms with Gasteiger partial charge in [0.15, 0.2) is 11.6 Å². The Labute approximate surface area is 107 Å². The lowest BCUT2D eigenvalue weighted by Crippen LogP contribution is -2.12. The average molecular weight is 254 g/mol. The molecule has 1 aromatic carbocycles. The summed E-state index contributed by atoms with van der Waals surface area (Å²) in [5.41, 5.74) is 0.379. The van der Waals surface area contributed by atoms with E-state index in [1.54, 1.807) is 0 Å². The van der Waals surface area contributed by atoms with E-state index in [9.17, 15) is 13.9 Å². The number of halogens is 2. The van der Waals surface area contributed by atoms with Crippen molar-refractivity contribution >= 4 is 0 Å². The zero-order valence-electron chi connectivity index (χ0n) is 10.8. The fraction of sp³-hybridized carbons (Fsp3) is 0.600. The Kier molecular flexibility index (Phi) is 4.33. The highest BCUT2D eigenvalue weighted by Crippen LogP contribution is 2.33. The highest BCUT2D eigenvalue weighted by molar-refractivity contribution is 5.27. The topological polar surface area (TPSA) is 20.2 Å². The van der Waals surface area contributed by atoms with Gasteiger partial charge in [0.25, 0.3) is 0 Å². The lowest BCUT2D eigenvalue weighted by Gasteiger charge is -2.24. The number of aliphatic hydroxyl groups excluding tert-OH is 1. The van der Waals surface area contributed by atoms with Crippen molar-refractivity contribution in [2.24, 2.45) is 5.92 Å². The second-order valence-electron chi connectivity index (χ2n) is 5.36. The van der Waals surface area contributed by atoms with Crippen LogP contribution in [0, 0.1) is 24.5 Å². The molecule has 0 heterocycles. The molecule has 0 spiro atoms. The van der Waals surface area contributed by atoms with Crippen LogP contribution < -0.4 is 0 Å². The third-order valence-electron chi connectivity index (χ3n) is 3.95. The van der Waals surface area contributed by atoms with Crippen LogP contribution in [-0.4, -0.2) is 5.11 Å². The number of hydrogen-bond donors (Lipinski definition) is 1. The first-order valence-electron chi connectivity index (χ1n) is 6.72. The Hall–Kier alpha value is -0.960. The summed E-state index contributed by atoms with van der Waals surface area (Å²) >= 11 is 0. The average Bonchev–Trinajstić information content (AvgIpc) is 2.37. The molecule has 3 heteroatoms. The van der Waals surface area contributed by atoms with E-state index < -0.39 is 17.7 Å². The Balaban J connectivity index is 2.08. The maximum Gasteiger partial charge on any atom is 0.164 e. The van der Waals surface area contributed by atoms with Crippen LogP contribution >= 0.6 is 0 Å². The van der Waals surface area contributed by atoms with E-state index in [-0.39, 0.29) is 11.1 Å². The van der Waals surface area contributed by atoms with Gasteiger partial charge in [0.2, 0.25) is 0 Å². The van der Waals surface area contributed by atoms with Gasteiger partial charge in [-0.2, -0.15) is 0 Å². The van der Waals surface area contributed by atoms with Gasteiger partial charge >= 0.3 is 0 Å². The highest BCUT2D eigenvalue weighted by atomic mass is 19.2. The van der Waals surface area contributed by atoms with Crippen LogP contribution in [0.3, 0.4) is 0 Å². The maximum atomic E-state index is 13.7. The second-order valence-corrected chi connectivity index (χ2v) is 5.36.